The number of carbonyl (C=O) groups excluding carboxylic acids is 2. The van der Waals surface area contributed by atoms with Crippen molar-refractivity contribution >= 4 is 45.1 Å². The van der Waals surface area contributed by atoms with Gasteiger partial charge in [0.15, 0.2) is 5.13 Å². The van der Waals surface area contributed by atoms with Crippen LogP contribution in [0.2, 0.25) is 0 Å². The average molecular weight is 622 g/mol. The van der Waals surface area contributed by atoms with Crippen molar-refractivity contribution in [1.29, 1.82) is 0 Å². The highest BCUT2D eigenvalue weighted by atomic mass is 32.1. The second-order valence-corrected chi connectivity index (χ2v) is 14.1. The number of rotatable bonds is 10. The van der Waals surface area contributed by atoms with Crippen LogP contribution in [0, 0.1) is 13.8 Å². The van der Waals surface area contributed by atoms with Crippen molar-refractivity contribution < 1.29 is 18.8 Å². The summed E-state index contributed by atoms with van der Waals surface area (Å²) in [6, 6.07) is 7.54. The molecule has 0 spiro atoms. The molecule has 2 N–H and O–H groups in total. The van der Waals surface area contributed by atoms with E-state index < -0.39 is 5.60 Å². The second kappa shape index (κ2) is 13.3. The van der Waals surface area contributed by atoms with Crippen LogP contribution in [-0.2, 0) is 14.9 Å². The zero-order chi connectivity index (χ0) is 32.2. The highest BCUT2D eigenvalue weighted by molar-refractivity contribution is 7.16. The molecule has 0 aliphatic carbocycles. The first-order chi connectivity index (χ1) is 20.6. The molecule has 0 saturated carbocycles. The number of hydrogen-bond donors (Lipinski definition) is 2. The Kier molecular flexibility index (Phi) is 9.92. The fourth-order valence-electron chi connectivity index (χ4n) is 4.80. The Labute approximate surface area is 262 Å². The molecule has 0 fully saturated rings. The first-order valence-corrected chi connectivity index (χ1v) is 15.6. The van der Waals surface area contributed by atoms with Gasteiger partial charge in [0.2, 0.25) is 17.6 Å². The second-order valence-electron chi connectivity index (χ2n) is 13.1. The minimum absolute atomic E-state index is 0.0614. The summed E-state index contributed by atoms with van der Waals surface area (Å²) >= 11 is 1.50. The van der Waals surface area contributed by atoms with Gasteiger partial charge in [0.1, 0.15) is 11.4 Å². The summed E-state index contributed by atoms with van der Waals surface area (Å²) < 4.78 is 10.7. The summed E-state index contributed by atoms with van der Waals surface area (Å²) in [6.07, 6.45) is 2.79. The van der Waals surface area contributed by atoms with E-state index in [4.69, 9.17) is 9.26 Å². The fourth-order valence-corrected chi connectivity index (χ4v) is 5.84. The number of nitrogens with zero attached hydrogens (tertiary/aromatic N) is 5. The van der Waals surface area contributed by atoms with Gasteiger partial charge in [-0.1, -0.05) is 38.1 Å². The van der Waals surface area contributed by atoms with E-state index in [0.717, 1.165) is 26.9 Å². The first-order valence-electron chi connectivity index (χ1n) is 14.8. The highest BCUT2D eigenvalue weighted by Gasteiger charge is 2.24. The largest absolute Gasteiger partial charge is 0.444 e. The maximum atomic E-state index is 13.3. The van der Waals surface area contributed by atoms with Crippen LogP contribution in [0.5, 0.6) is 0 Å². The van der Waals surface area contributed by atoms with Crippen molar-refractivity contribution in [1.82, 2.24) is 25.0 Å². The maximum absolute atomic E-state index is 13.3. The van der Waals surface area contributed by atoms with Gasteiger partial charge >= 0.3 is 6.09 Å². The molecule has 1 aromatic carbocycles. The summed E-state index contributed by atoms with van der Waals surface area (Å²) in [7, 11) is 1.72. The zero-order valence-corrected chi connectivity index (χ0v) is 27.9. The van der Waals surface area contributed by atoms with Gasteiger partial charge in [0.25, 0.3) is 0 Å². The van der Waals surface area contributed by atoms with Crippen molar-refractivity contribution in [2.75, 3.05) is 24.2 Å². The Balaban J connectivity index is 1.54. The predicted octanol–water partition coefficient (Wildman–Crippen LogP) is 7.11. The molecule has 0 saturated heterocycles. The minimum atomic E-state index is -0.576. The van der Waals surface area contributed by atoms with Gasteiger partial charge in [-0.15, -0.1) is 11.3 Å². The number of aryl methyl sites for hydroxylation is 2. The molecule has 4 aromatic rings. The lowest BCUT2D eigenvalue weighted by Crippen LogP contribution is -2.35. The number of carbonyl (C=O) groups is 2. The Hall–Kier alpha value is -4.06. The molecule has 3 aromatic heterocycles. The van der Waals surface area contributed by atoms with Crippen LogP contribution in [0.25, 0.3) is 22.2 Å². The Morgan fingerprint density at radius 3 is 2.48 bits per heavy atom. The molecule has 44 heavy (non-hydrogen) atoms. The summed E-state index contributed by atoms with van der Waals surface area (Å²) in [5.41, 5.74) is 1.08. The van der Waals surface area contributed by atoms with Gasteiger partial charge in [0, 0.05) is 55.0 Å². The first kappa shape index (κ1) is 32.8. The van der Waals surface area contributed by atoms with Gasteiger partial charge in [-0.2, -0.15) is 4.98 Å². The maximum Gasteiger partial charge on any atom is 0.410 e. The SMILES string of the molecule is Cc1nc(-c2ccc3ccnc(NC(CCCN(C)C(=O)OC(C)(C)C)CC(=O)Nc4nc(C)c(C(C)(C)C)s4)c3c2)no1. The molecule has 2 amide bonds. The van der Waals surface area contributed by atoms with E-state index in [1.165, 1.54) is 11.3 Å². The Morgan fingerprint density at radius 2 is 1.84 bits per heavy atom. The van der Waals surface area contributed by atoms with Gasteiger partial charge in [-0.3, -0.25) is 4.79 Å². The topological polar surface area (TPSA) is 135 Å². The monoisotopic (exact) mass is 621 g/mol. The molecule has 0 bridgehead atoms. The van der Waals surface area contributed by atoms with Gasteiger partial charge in [-0.25, -0.2) is 14.8 Å². The summed E-state index contributed by atoms with van der Waals surface area (Å²) in [6.45, 7) is 16.1. The summed E-state index contributed by atoms with van der Waals surface area (Å²) in [5, 5.41) is 13.0. The van der Waals surface area contributed by atoms with E-state index in [1.54, 1.807) is 25.1 Å². The van der Waals surface area contributed by atoms with Crippen LogP contribution in [0.4, 0.5) is 15.7 Å². The smallest absolute Gasteiger partial charge is 0.410 e. The standard InChI is InChI=1S/C32H43N7O4S/c1-19-26(31(3,4)5)44-29(34-19)37-25(40)18-23(11-10-16-39(9)30(41)42-32(6,7)8)36-28-24-17-22(27-35-20(2)43-38-27)13-12-21(24)14-15-33-28/h12-15,17,23H,10-11,16,18H2,1-9H3,(H,33,36)(H,34,37,40). The number of fused-ring (bicyclic) bond motifs is 1. The van der Waals surface area contributed by atoms with E-state index >= 15 is 0 Å². The van der Waals surface area contributed by atoms with Crippen LogP contribution in [-0.4, -0.2) is 62.2 Å². The lowest BCUT2D eigenvalue weighted by molar-refractivity contribution is -0.116. The lowest BCUT2D eigenvalue weighted by atomic mass is 9.94. The van der Waals surface area contributed by atoms with Crippen molar-refractivity contribution in [3.8, 4) is 11.4 Å². The van der Waals surface area contributed by atoms with E-state index in [1.807, 2.05) is 52.0 Å². The Morgan fingerprint density at radius 1 is 1.09 bits per heavy atom. The van der Waals surface area contributed by atoms with Crippen LogP contribution in [0.3, 0.4) is 0 Å². The molecule has 236 valence electrons. The van der Waals surface area contributed by atoms with Crippen LogP contribution < -0.4 is 10.6 Å². The van der Waals surface area contributed by atoms with Gasteiger partial charge in [0.05, 0.1) is 5.69 Å². The number of aromatic nitrogens is 4. The molecule has 12 heteroatoms. The third kappa shape index (κ3) is 8.75. The van der Waals surface area contributed by atoms with E-state index in [0.29, 0.717) is 42.1 Å². The number of ether oxygens (including phenoxy) is 1. The van der Waals surface area contributed by atoms with Gasteiger partial charge in [-0.05, 0) is 63.5 Å². The van der Waals surface area contributed by atoms with Gasteiger partial charge < -0.3 is 24.8 Å². The lowest BCUT2D eigenvalue weighted by Gasteiger charge is -2.25. The molecule has 0 aliphatic heterocycles. The molecule has 1 unspecified atom stereocenters. The molecule has 11 nitrogen and oxygen atoms in total. The number of anilines is 2. The molecular weight excluding hydrogens is 578 g/mol. The number of benzene rings is 1. The van der Waals surface area contributed by atoms with E-state index in [-0.39, 0.29) is 29.9 Å². The van der Waals surface area contributed by atoms with Crippen molar-refractivity contribution in [3.05, 3.63) is 46.9 Å². The Bertz CT molecular complexity index is 1620. The predicted molar refractivity (Wildman–Crippen MR) is 174 cm³/mol. The molecule has 3 heterocycles. The molecule has 0 aliphatic rings. The average Bonchev–Trinajstić information content (AvgIpc) is 3.52. The van der Waals surface area contributed by atoms with Crippen LogP contribution in [0.15, 0.2) is 35.0 Å². The van der Waals surface area contributed by atoms with Crippen molar-refractivity contribution in [3.63, 3.8) is 0 Å². The van der Waals surface area contributed by atoms with E-state index in [9.17, 15) is 9.59 Å². The van der Waals surface area contributed by atoms with E-state index in [2.05, 4.69) is 51.5 Å². The zero-order valence-electron chi connectivity index (χ0n) is 27.1. The number of thiazole rings is 1. The summed E-state index contributed by atoms with van der Waals surface area (Å²) in [5.74, 6) is 1.47. The molecule has 0 radical (unpaired) electrons. The minimum Gasteiger partial charge on any atom is -0.444 e. The normalized spacial score (nSPS) is 12.7. The number of amides is 2. The quantitative estimate of drug-likeness (QED) is 0.190. The molecule has 4 rings (SSSR count). The number of nitrogens with one attached hydrogen (secondary N) is 2. The van der Waals surface area contributed by atoms with Crippen molar-refractivity contribution in [2.45, 2.75) is 91.7 Å². The number of hydrogen-bond acceptors (Lipinski definition) is 10. The molecule has 1 atom stereocenters. The van der Waals surface area contributed by atoms with Crippen LogP contribution in [0.1, 0.15) is 77.3 Å². The highest BCUT2D eigenvalue weighted by Crippen LogP contribution is 2.34. The fraction of sp³-hybridized carbons (Fsp3) is 0.500. The third-order valence-corrected chi connectivity index (χ3v) is 8.30. The number of pyridine rings is 1. The summed E-state index contributed by atoms with van der Waals surface area (Å²) in [4.78, 5) is 42.1. The third-order valence-electron chi connectivity index (χ3n) is 6.80. The molecular formula is C32H43N7O4S. The van der Waals surface area contributed by atoms with Crippen molar-refractivity contribution in [2.24, 2.45) is 0 Å². The van der Waals surface area contributed by atoms with Crippen LogP contribution >= 0.6 is 11.3 Å².